The predicted molar refractivity (Wildman–Crippen MR) is 96.3 cm³/mol. The van der Waals surface area contributed by atoms with Crippen molar-refractivity contribution in [1.29, 1.82) is 0 Å². The summed E-state index contributed by atoms with van der Waals surface area (Å²) in [7, 11) is -4.11. The minimum absolute atomic E-state index is 0.00884. The molecule has 1 fully saturated rings. The fraction of sp³-hybridized carbons (Fsp3) is 0.278. The van der Waals surface area contributed by atoms with E-state index in [1.807, 2.05) is 0 Å². The lowest BCUT2D eigenvalue weighted by Crippen LogP contribution is -2.65. The summed E-state index contributed by atoms with van der Waals surface area (Å²) in [6.45, 7) is -0.0445. The van der Waals surface area contributed by atoms with E-state index in [9.17, 15) is 22.7 Å². The van der Waals surface area contributed by atoms with Gasteiger partial charge in [0.25, 0.3) is 5.91 Å². The number of piperidine rings is 1. The highest BCUT2D eigenvalue weighted by molar-refractivity contribution is 7.92. The zero-order valence-corrected chi connectivity index (χ0v) is 15.4. The number of amides is 1. The molecule has 1 aliphatic rings. The van der Waals surface area contributed by atoms with E-state index in [1.54, 1.807) is 6.07 Å². The number of para-hydroxylation sites is 1. The zero-order valence-electron chi connectivity index (χ0n) is 14.6. The van der Waals surface area contributed by atoms with Gasteiger partial charge in [0.2, 0.25) is 0 Å². The van der Waals surface area contributed by atoms with Crippen LogP contribution in [0.4, 0.5) is 4.39 Å². The maximum atomic E-state index is 13.7. The van der Waals surface area contributed by atoms with Crippen LogP contribution in [0.25, 0.3) is 0 Å². The fourth-order valence-electron chi connectivity index (χ4n) is 3.12. The molecule has 2 unspecified atom stereocenters. The summed E-state index contributed by atoms with van der Waals surface area (Å²) >= 11 is 0. The van der Waals surface area contributed by atoms with Crippen LogP contribution >= 0.6 is 0 Å². The molecule has 4 N–H and O–H groups in total. The molecular weight excluding hydrogens is 391 g/mol. The molecule has 150 valence electrons. The summed E-state index contributed by atoms with van der Waals surface area (Å²) < 4.78 is 45.1. The second-order valence-electron chi connectivity index (χ2n) is 6.37. The molecule has 2 aromatic rings. The summed E-state index contributed by atoms with van der Waals surface area (Å²) in [5.41, 5.74) is -1.00. The van der Waals surface area contributed by atoms with Crippen LogP contribution in [-0.2, 0) is 14.6 Å². The SMILES string of the molecule is O=C(NO)C1(O)CNCCC1S(=O)(=O)c1ccc(Oc2ccccc2F)cc1. The maximum Gasteiger partial charge on any atom is 0.277 e. The number of carbonyl (C=O) groups excluding carboxylic acids is 1. The van der Waals surface area contributed by atoms with E-state index in [4.69, 9.17) is 9.94 Å². The van der Waals surface area contributed by atoms with E-state index in [1.165, 1.54) is 47.9 Å². The van der Waals surface area contributed by atoms with Gasteiger partial charge >= 0.3 is 0 Å². The lowest BCUT2D eigenvalue weighted by atomic mass is 9.93. The Labute approximate surface area is 160 Å². The molecule has 0 aromatic heterocycles. The number of β-amino-alcohol motifs (C(OH)–C–C–N with tert-alkyl or cyclic N) is 1. The highest BCUT2D eigenvalue weighted by Crippen LogP contribution is 2.31. The number of hydroxylamine groups is 1. The highest BCUT2D eigenvalue weighted by Gasteiger charge is 2.52. The van der Waals surface area contributed by atoms with E-state index >= 15 is 0 Å². The molecule has 8 nitrogen and oxygen atoms in total. The van der Waals surface area contributed by atoms with Crippen LogP contribution in [0.15, 0.2) is 53.4 Å². The van der Waals surface area contributed by atoms with E-state index < -0.39 is 32.4 Å². The fourth-order valence-corrected chi connectivity index (χ4v) is 5.09. The lowest BCUT2D eigenvalue weighted by Gasteiger charge is -2.37. The van der Waals surface area contributed by atoms with Crippen LogP contribution in [-0.4, -0.2) is 48.6 Å². The number of rotatable bonds is 5. The molecule has 1 amide bonds. The summed E-state index contributed by atoms with van der Waals surface area (Å²) in [6.07, 6.45) is -0.0280. The Morgan fingerprint density at radius 2 is 1.89 bits per heavy atom. The van der Waals surface area contributed by atoms with Crippen molar-refractivity contribution in [3.63, 3.8) is 0 Å². The van der Waals surface area contributed by atoms with Crippen molar-refractivity contribution in [3.05, 3.63) is 54.3 Å². The number of benzene rings is 2. The van der Waals surface area contributed by atoms with Crippen molar-refractivity contribution >= 4 is 15.7 Å². The topological polar surface area (TPSA) is 125 Å². The second-order valence-corrected chi connectivity index (χ2v) is 8.50. The van der Waals surface area contributed by atoms with Gasteiger partial charge in [0.1, 0.15) is 11.0 Å². The Balaban J connectivity index is 1.87. The first kappa shape index (κ1) is 20.2. The molecular formula is C18H19FN2O6S. The minimum Gasteiger partial charge on any atom is -0.454 e. The molecule has 0 aliphatic carbocycles. The third kappa shape index (κ3) is 3.72. The van der Waals surface area contributed by atoms with Crippen molar-refractivity contribution < 1.29 is 32.7 Å². The van der Waals surface area contributed by atoms with Crippen molar-refractivity contribution in [2.45, 2.75) is 22.2 Å². The van der Waals surface area contributed by atoms with Crippen LogP contribution in [0.2, 0.25) is 0 Å². The van der Waals surface area contributed by atoms with Gasteiger partial charge in [-0.1, -0.05) is 12.1 Å². The molecule has 10 heteroatoms. The Hall–Kier alpha value is -2.53. The molecule has 1 heterocycles. The number of halogens is 1. The van der Waals surface area contributed by atoms with Gasteiger partial charge in [-0.25, -0.2) is 18.3 Å². The van der Waals surface area contributed by atoms with E-state index in [0.717, 1.165) is 0 Å². The average Bonchev–Trinajstić information content (AvgIpc) is 2.69. The number of hydrogen-bond donors (Lipinski definition) is 4. The van der Waals surface area contributed by atoms with Crippen molar-refractivity contribution in [2.24, 2.45) is 0 Å². The second kappa shape index (κ2) is 7.84. The molecule has 28 heavy (non-hydrogen) atoms. The number of carbonyl (C=O) groups is 1. The van der Waals surface area contributed by atoms with Gasteiger partial charge in [-0.3, -0.25) is 10.0 Å². The molecule has 2 atom stereocenters. The molecule has 1 saturated heterocycles. The van der Waals surface area contributed by atoms with Crippen LogP contribution in [0, 0.1) is 5.82 Å². The minimum atomic E-state index is -4.11. The third-order valence-corrected chi connectivity index (χ3v) is 6.90. The summed E-state index contributed by atoms with van der Waals surface area (Å²) in [5, 5.41) is 20.8. The maximum absolute atomic E-state index is 13.7. The summed E-state index contributed by atoms with van der Waals surface area (Å²) in [4.78, 5) is 11.8. The van der Waals surface area contributed by atoms with Gasteiger partial charge in [-0.2, -0.15) is 0 Å². The Morgan fingerprint density at radius 1 is 1.21 bits per heavy atom. The van der Waals surface area contributed by atoms with Crippen LogP contribution in [0.3, 0.4) is 0 Å². The quantitative estimate of drug-likeness (QED) is 0.428. The van der Waals surface area contributed by atoms with Crippen molar-refractivity contribution in [2.75, 3.05) is 13.1 Å². The predicted octanol–water partition coefficient (Wildman–Crippen LogP) is 0.990. The smallest absolute Gasteiger partial charge is 0.277 e. The number of aliphatic hydroxyl groups is 1. The van der Waals surface area contributed by atoms with Gasteiger partial charge in [-0.05, 0) is 49.4 Å². The molecule has 1 aliphatic heterocycles. The standard InChI is InChI=1S/C18H19FN2O6S/c19-14-3-1-2-4-15(14)27-12-5-7-13(8-6-12)28(25,26)16-9-10-20-11-18(16,23)17(22)21-24/h1-8,16,20,23-24H,9-11H2,(H,21,22). The van der Waals surface area contributed by atoms with Crippen molar-refractivity contribution in [1.82, 2.24) is 10.8 Å². The molecule has 0 spiro atoms. The van der Waals surface area contributed by atoms with Gasteiger partial charge in [0.15, 0.2) is 27.0 Å². The molecule has 0 saturated carbocycles. The van der Waals surface area contributed by atoms with E-state index in [-0.39, 0.29) is 35.9 Å². The van der Waals surface area contributed by atoms with Crippen molar-refractivity contribution in [3.8, 4) is 11.5 Å². The number of ether oxygens (including phenoxy) is 1. The Bertz CT molecular complexity index is 966. The van der Waals surface area contributed by atoms with Crippen LogP contribution in [0.1, 0.15) is 6.42 Å². The number of nitrogens with one attached hydrogen (secondary N) is 2. The largest absolute Gasteiger partial charge is 0.454 e. The van der Waals surface area contributed by atoms with Crippen LogP contribution in [0.5, 0.6) is 11.5 Å². The molecule has 0 radical (unpaired) electrons. The van der Waals surface area contributed by atoms with Gasteiger partial charge in [0, 0.05) is 6.54 Å². The first-order valence-electron chi connectivity index (χ1n) is 8.43. The van der Waals surface area contributed by atoms with Gasteiger partial charge < -0.3 is 15.2 Å². The van der Waals surface area contributed by atoms with Gasteiger partial charge in [-0.15, -0.1) is 0 Å². The first-order chi connectivity index (χ1) is 13.3. The van der Waals surface area contributed by atoms with Gasteiger partial charge in [0.05, 0.1) is 4.90 Å². The monoisotopic (exact) mass is 410 g/mol. The van der Waals surface area contributed by atoms with E-state index in [0.29, 0.717) is 0 Å². The number of sulfone groups is 1. The first-order valence-corrected chi connectivity index (χ1v) is 9.97. The summed E-state index contributed by atoms with van der Waals surface area (Å²) in [6, 6.07) is 11.0. The number of hydrogen-bond acceptors (Lipinski definition) is 7. The summed E-state index contributed by atoms with van der Waals surface area (Å²) in [5.74, 6) is -1.55. The van der Waals surface area contributed by atoms with E-state index in [2.05, 4.69) is 5.32 Å². The Kier molecular flexibility index (Phi) is 5.66. The molecule has 3 rings (SSSR count). The molecule has 0 bridgehead atoms. The lowest BCUT2D eigenvalue weighted by molar-refractivity contribution is -0.149. The third-order valence-electron chi connectivity index (χ3n) is 4.60. The zero-order chi connectivity index (χ0) is 20.4. The van der Waals surface area contributed by atoms with Crippen LogP contribution < -0.4 is 15.5 Å². The highest BCUT2D eigenvalue weighted by atomic mass is 32.2. The average molecular weight is 410 g/mol. The Morgan fingerprint density at radius 3 is 2.54 bits per heavy atom. The normalized spacial score (nSPS) is 22.5. The molecule has 2 aromatic carbocycles.